The largest absolute Gasteiger partial charge is 0.480 e. The third-order valence-electron chi connectivity index (χ3n) is 4.74. The van der Waals surface area contributed by atoms with E-state index in [9.17, 15) is 29.1 Å². The summed E-state index contributed by atoms with van der Waals surface area (Å²) in [5.74, 6) is -4.07. The molecule has 1 heterocycles. The van der Waals surface area contributed by atoms with Gasteiger partial charge in [-0.25, -0.2) is 4.79 Å². The Morgan fingerprint density at radius 2 is 1.73 bits per heavy atom. The van der Waals surface area contributed by atoms with Crippen LogP contribution in [0.4, 0.5) is 0 Å². The minimum absolute atomic E-state index is 0.0374. The number of aliphatic carboxylic acids is 1. The van der Waals surface area contributed by atoms with Crippen LogP contribution in [0.1, 0.15) is 39.5 Å². The molecule has 170 valence electrons. The average molecular weight is 446 g/mol. The molecular formula is C18H31N5O6S. The van der Waals surface area contributed by atoms with Crippen LogP contribution in [0, 0.1) is 5.92 Å². The second kappa shape index (κ2) is 12.4. The second-order valence-electron chi connectivity index (χ2n) is 7.53. The van der Waals surface area contributed by atoms with E-state index in [0.717, 1.165) is 6.42 Å². The van der Waals surface area contributed by atoms with E-state index in [-0.39, 0.29) is 30.4 Å². The molecule has 12 heteroatoms. The number of carbonyl (C=O) groups excluding carboxylic acids is 4. The third-order valence-corrected chi connectivity index (χ3v) is 5.10. The predicted molar refractivity (Wildman–Crippen MR) is 112 cm³/mol. The Morgan fingerprint density at radius 3 is 2.20 bits per heavy atom. The Hall–Kier alpha value is -2.34. The van der Waals surface area contributed by atoms with Gasteiger partial charge in [-0.3, -0.25) is 19.2 Å². The van der Waals surface area contributed by atoms with Crippen molar-refractivity contribution in [3.05, 3.63) is 0 Å². The molecule has 7 N–H and O–H groups in total. The number of thiol groups is 1. The van der Waals surface area contributed by atoms with Crippen molar-refractivity contribution in [3.63, 3.8) is 0 Å². The van der Waals surface area contributed by atoms with Gasteiger partial charge in [-0.15, -0.1) is 0 Å². The first-order valence-electron chi connectivity index (χ1n) is 9.83. The number of primary amides is 1. The van der Waals surface area contributed by atoms with Crippen LogP contribution in [0.3, 0.4) is 0 Å². The molecule has 1 aliphatic heterocycles. The molecule has 1 rings (SSSR count). The van der Waals surface area contributed by atoms with E-state index in [1.165, 1.54) is 0 Å². The first-order chi connectivity index (χ1) is 14.1. The molecule has 4 atom stereocenters. The molecule has 1 saturated heterocycles. The maximum Gasteiger partial charge on any atom is 0.326 e. The standard InChI is InChI=1S/C18H31N5O6S/c1-9(2)14(18(28)29)23-17(27)12(8-30)22-16(26)11(5-6-13(19)24)21-15(25)10-4-3-7-20-10/h9-12,14,20,30H,3-8H2,1-2H3,(H2,19,24)(H,21,25)(H,22,26)(H,23,27)(H,28,29). The average Bonchev–Trinajstić information content (AvgIpc) is 3.21. The lowest BCUT2D eigenvalue weighted by molar-refractivity contribution is -0.143. The molecule has 0 aromatic heterocycles. The van der Waals surface area contributed by atoms with Crippen molar-refractivity contribution < 1.29 is 29.1 Å². The smallest absolute Gasteiger partial charge is 0.326 e. The van der Waals surface area contributed by atoms with E-state index in [0.29, 0.717) is 13.0 Å². The van der Waals surface area contributed by atoms with Gasteiger partial charge in [0.2, 0.25) is 23.6 Å². The summed E-state index contributed by atoms with van der Waals surface area (Å²) >= 11 is 4.06. The van der Waals surface area contributed by atoms with Crippen LogP contribution < -0.4 is 27.0 Å². The fourth-order valence-corrected chi connectivity index (χ4v) is 3.23. The van der Waals surface area contributed by atoms with E-state index in [1.807, 2.05) is 0 Å². The monoisotopic (exact) mass is 445 g/mol. The summed E-state index contributed by atoms with van der Waals surface area (Å²) in [6, 6.07) is -3.77. The zero-order valence-electron chi connectivity index (χ0n) is 17.1. The van der Waals surface area contributed by atoms with Crippen LogP contribution in [0.15, 0.2) is 0 Å². The summed E-state index contributed by atoms with van der Waals surface area (Å²) in [6.45, 7) is 3.97. The summed E-state index contributed by atoms with van der Waals surface area (Å²) in [6.07, 6.45) is 1.29. The summed E-state index contributed by atoms with van der Waals surface area (Å²) in [5, 5.41) is 19.7. The number of carboxylic acid groups (broad SMARTS) is 1. The Labute approximate surface area is 180 Å². The van der Waals surface area contributed by atoms with Crippen molar-refractivity contribution in [1.82, 2.24) is 21.3 Å². The summed E-state index contributed by atoms with van der Waals surface area (Å²) < 4.78 is 0. The Bertz CT molecular complexity index is 653. The van der Waals surface area contributed by atoms with Crippen molar-refractivity contribution in [2.24, 2.45) is 11.7 Å². The number of nitrogens with one attached hydrogen (secondary N) is 4. The maximum absolute atomic E-state index is 12.7. The molecule has 0 radical (unpaired) electrons. The summed E-state index contributed by atoms with van der Waals surface area (Å²) in [4.78, 5) is 59.9. The van der Waals surface area contributed by atoms with Gasteiger partial charge in [0.25, 0.3) is 0 Å². The van der Waals surface area contributed by atoms with Crippen LogP contribution in [0.2, 0.25) is 0 Å². The number of carboxylic acids is 1. The lowest BCUT2D eigenvalue weighted by atomic mass is 10.0. The molecule has 11 nitrogen and oxygen atoms in total. The Morgan fingerprint density at radius 1 is 1.10 bits per heavy atom. The fraction of sp³-hybridized carbons (Fsp3) is 0.722. The van der Waals surface area contributed by atoms with E-state index in [1.54, 1.807) is 13.8 Å². The minimum atomic E-state index is -1.20. The number of rotatable bonds is 12. The van der Waals surface area contributed by atoms with Gasteiger partial charge in [-0.05, 0) is 31.7 Å². The normalized spacial score (nSPS) is 18.9. The Balaban J connectivity index is 2.81. The van der Waals surface area contributed by atoms with Gasteiger partial charge in [0.05, 0.1) is 6.04 Å². The zero-order chi connectivity index (χ0) is 22.8. The first-order valence-corrected chi connectivity index (χ1v) is 10.5. The highest BCUT2D eigenvalue weighted by atomic mass is 32.1. The van der Waals surface area contributed by atoms with E-state index < -0.39 is 47.9 Å². The topological polar surface area (TPSA) is 180 Å². The van der Waals surface area contributed by atoms with Crippen molar-refractivity contribution >= 4 is 42.2 Å². The molecular weight excluding hydrogens is 414 g/mol. The molecule has 1 fully saturated rings. The van der Waals surface area contributed by atoms with Gasteiger partial charge in [-0.1, -0.05) is 13.8 Å². The fourth-order valence-electron chi connectivity index (χ4n) is 2.97. The number of hydrogen-bond donors (Lipinski definition) is 7. The van der Waals surface area contributed by atoms with E-state index >= 15 is 0 Å². The number of hydrogen-bond acceptors (Lipinski definition) is 7. The van der Waals surface area contributed by atoms with Gasteiger partial charge in [-0.2, -0.15) is 12.6 Å². The molecule has 0 bridgehead atoms. The number of amides is 4. The van der Waals surface area contributed by atoms with Crippen molar-refractivity contribution in [2.45, 2.75) is 63.7 Å². The lowest BCUT2D eigenvalue weighted by Crippen LogP contribution is -2.58. The van der Waals surface area contributed by atoms with Crippen LogP contribution in [-0.4, -0.2) is 71.2 Å². The van der Waals surface area contributed by atoms with Gasteiger partial charge in [0.15, 0.2) is 0 Å². The van der Waals surface area contributed by atoms with Crippen LogP contribution in [-0.2, 0) is 24.0 Å². The van der Waals surface area contributed by atoms with Crippen LogP contribution in [0.5, 0.6) is 0 Å². The second-order valence-corrected chi connectivity index (χ2v) is 7.89. The van der Waals surface area contributed by atoms with Crippen LogP contribution >= 0.6 is 12.6 Å². The highest BCUT2D eigenvalue weighted by molar-refractivity contribution is 7.80. The van der Waals surface area contributed by atoms with Gasteiger partial charge in [0.1, 0.15) is 18.1 Å². The highest BCUT2D eigenvalue weighted by Gasteiger charge is 2.31. The highest BCUT2D eigenvalue weighted by Crippen LogP contribution is 2.07. The van der Waals surface area contributed by atoms with Gasteiger partial charge < -0.3 is 32.1 Å². The van der Waals surface area contributed by atoms with Gasteiger partial charge >= 0.3 is 5.97 Å². The molecule has 0 spiro atoms. The van der Waals surface area contributed by atoms with Crippen molar-refractivity contribution in [1.29, 1.82) is 0 Å². The quantitative estimate of drug-likeness (QED) is 0.172. The van der Waals surface area contributed by atoms with E-state index in [2.05, 4.69) is 33.9 Å². The molecule has 0 aromatic rings. The van der Waals surface area contributed by atoms with Crippen molar-refractivity contribution in [2.75, 3.05) is 12.3 Å². The molecule has 1 aliphatic rings. The summed E-state index contributed by atoms with van der Waals surface area (Å²) in [5.41, 5.74) is 5.15. The third kappa shape index (κ3) is 8.19. The molecule has 30 heavy (non-hydrogen) atoms. The molecule has 0 aromatic carbocycles. The maximum atomic E-state index is 12.7. The number of nitrogens with two attached hydrogens (primary N) is 1. The molecule has 4 amide bonds. The molecule has 0 saturated carbocycles. The zero-order valence-corrected chi connectivity index (χ0v) is 18.0. The predicted octanol–water partition coefficient (Wildman–Crippen LogP) is -1.87. The Kier molecular flexibility index (Phi) is 10.6. The number of carbonyl (C=O) groups is 5. The first kappa shape index (κ1) is 25.7. The van der Waals surface area contributed by atoms with E-state index in [4.69, 9.17) is 5.73 Å². The minimum Gasteiger partial charge on any atom is -0.480 e. The summed E-state index contributed by atoms with van der Waals surface area (Å²) in [7, 11) is 0. The van der Waals surface area contributed by atoms with Crippen molar-refractivity contribution in [3.8, 4) is 0 Å². The molecule has 0 aliphatic carbocycles. The van der Waals surface area contributed by atoms with Crippen LogP contribution in [0.25, 0.3) is 0 Å². The lowest BCUT2D eigenvalue weighted by Gasteiger charge is -2.25. The van der Waals surface area contributed by atoms with Gasteiger partial charge in [0, 0.05) is 12.2 Å². The molecule has 4 unspecified atom stereocenters. The SMILES string of the molecule is CC(C)C(NC(=O)C(CS)NC(=O)C(CCC(N)=O)NC(=O)C1CCCN1)C(=O)O.